The summed E-state index contributed by atoms with van der Waals surface area (Å²) < 4.78 is 0.744. The van der Waals surface area contributed by atoms with Crippen LogP contribution in [0.3, 0.4) is 0 Å². The van der Waals surface area contributed by atoms with E-state index < -0.39 is 0 Å². The van der Waals surface area contributed by atoms with Crippen molar-refractivity contribution in [3.05, 3.63) is 56.8 Å². The maximum atomic E-state index is 12.4. The van der Waals surface area contributed by atoms with Crippen molar-refractivity contribution >= 4 is 39.1 Å². The largest absolute Gasteiger partial charge is 0.319 e. The predicted molar refractivity (Wildman–Crippen MR) is 91.4 cm³/mol. The van der Waals surface area contributed by atoms with Gasteiger partial charge in [0.1, 0.15) is 5.69 Å². The maximum absolute atomic E-state index is 12.4. The van der Waals surface area contributed by atoms with Crippen LogP contribution in [0.2, 0.25) is 5.02 Å². The Morgan fingerprint density at radius 3 is 3.05 bits per heavy atom. The van der Waals surface area contributed by atoms with Gasteiger partial charge in [-0.2, -0.15) is 0 Å². The molecule has 0 fully saturated rings. The number of pyridine rings is 1. The minimum atomic E-state index is -0.248. The number of carbonyl (C=O) groups excluding carboxylic acids is 1. The quantitative estimate of drug-likeness (QED) is 0.863. The second kappa shape index (κ2) is 6.36. The molecular weight excluding hydrogens is 366 g/mol. The Morgan fingerprint density at radius 1 is 1.41 bits per heavy atom. The molecule has 0 spiro atoms. The molecule has 4 nitrogen and oxygen atoms in total. The van der Waals surface area contributed by atoms with Crippen molar-refractivity contribution in [2.75, 3.05) is 18.9 Å². The molecule has 114 valence electrons. The number of aromatic nitrogens is 1. The standard InChI is InChI=1S/C16H15BrClN3O/c1-21-6-5-10-7-14(19-8-11(10)9-21)16(22)20-13-4-2-3-12(17)15(13)18/h2-4,7-8H,5-6,9H2,1H3,(H,20,22). The third-order valence-electron chi connectivity index (χ3n) is 3.72. The van der Waals surface area contributed by atoms with E-state index in [1.807, 2.05) is 18.2 Å². The second-order valence-electron chi connectivity index (χ2n) is 5.38. The highest BCUT2D eigenvalue weighted by Crippen LogP contribution is 2.30. The van der Waals surface area contributed by atoms with Crippen LogP contribution in [-0.4, -0.2) is 29.4 Å². The van der Waals surface area contributed by atoms with E-state index in [2.05, 4.69) is 38.2 Å². The molecule has 2 heterocycles. The number of carbonyl (C=O) groups is 1. The molecule has 0 bridgehead atoms. The van der Waals surface area contributed by atoms with Gasteiger partial charge >= 0.3 is 0 Å². The lowest BCUT2D eigenvalue weighted by molar-refractivity contribution is 0.102. The molecule has 0 radical (unpaired) electrons. The number of fused-ring (bicyclic) bond motifs is 1. The van der Waals surface area contributed by atoms with E-state index >= 15 is 0 Å². The van der Waals surface area contributed by atoms with Crippen molar-refractivity contribution in [1.29, 1.82) is 0 Å². The molecular formula is C16H15BrClN3O. The zero-order valence-electron chi connectivity index (χ0n) is 12.1. The summed E-state index contributed by atoms with van der Waals surface area (Å²) in [6, 6.07) is 7.29. The van der Waals surface area contributed by atoms with Gasteiger partial charge in [-0.25, -0.2) is 0 Å². The van der Waals surface area contributed by atoms with Crippen molar-refractivity contribution in [1.82, 2.24) is 9.88 Å². The van der Waals surface area contributed by atoms with Crippen molar-refractivity contribution < 1.29 is 4.79 Å². The van der Waals surface area contributed by atoms with Gasteiger partial charge in [-0.1, -0.05) is 17.7 Å². The van der Waals surface area contributed by atoms with Crippen molar-refractivity contribution in [3.63, 3.8) is 0 Å². The first-order valence-corrected chi connectivity index (χ1v) is 8.13. The average molecular weight is 381 g/mol. The number of likely N-dealkylation sites (N-methyl/N-ethyl adjacent to an activating group) is 1. The first-order valence-electron chi connectivity index (χ1n) is 6.96. The van der Waals surface area contributed by atoms with Crippen molar-refractivity contribution in [2.24, 2.45) is 0 Å². The third-order valence-corrected chi connectivity index (χ3v) is 5.01. The third kappa shape index (κ3) is 3.16. The summed E-state index contributed by atoms with van der Waals surface area (Å²) in [5.74, 6) is -0.248. The Kier molecular flexibility index (Phi) is 4.47. The van der Waals surface area contributed by atoms with Gasteiger partial charge in [0.25, 0.3) is 5.91 Å². The summed E-state index contributed by atoms with van der Waals surface area (Å²) >= 11 is 9.51. The van der Waals surface area contributed by atoms with Crippen LogP contribution in [0.4, 0.5) is 5.69 Å². The van der Waals surface area contributed by atoms with Crippen LogP contribution in [0.25, 0.3) is 0 Å². The Hall–Kier alpha value is -1.43. The lowest BCUT2D eigenvalue weighted by Gasteiger charge is -2.24. The summed E-state index contributed by atoms with van der Waals surface area (Å²) in [4.78, 5) is 18.9. The Balaban J connectivity index is 1.82. The monoisotopic (exact) mass is 379 g/mol. The zero-order chi connectivity index (χ0) is 15.7. The van der Waals surface area contributed by atoms with Crippen LogP contribution in [-0.2, 0) is 13.0 Å². The van der Waals surface area contributed by atoms with Crippen LogP contribution < -0.4 is 5.32 Å². The Morgan fingerprint density at radius 2 is 2.23 bits per heavy atom. The molecule has 1 aromatic heterocycles. The Bertz CT molecular complexity index is 735. The van der Waals surface area contributed by atoms with E-state index in [0.717, 1.165) is 24.0 Å². The molecule has 0 saturated carbocycles. The number of hydrogen-bond acceptors (Lipinski definition) is 3. The molecule has 1 N–H and O–H groups in total. The molecule has 0 unspecified atom stereocenters. The lowest BCUT2D eigenvalue weighted by atomic mass is 10.0. The van der Waals surface area contributed by atoms with Crippen molar-refractivity contribution in [2.45, 2.75) is 13.0 Å². The number of amides is 1. The van der Waals surface area contributed by atoms with Gasteiger partial charge in [0.05, 0.1) is 10.7 Å². The van der Waals surface area contributed by atoms with Crippen LogP contribution in [0, 0.1) is 0 Å². The highest BCUT2D eigenvalue weighted by molar-refractivity contribution is 9.10. The molecule has 1 aliphatic heterocycles. The minimum absolute atomic E-state index is 0.248. The van der Waals surface area contributed by atoms with Gasteiger partial charge in [-0.15, -0.1) is 0 Å². The fraction of sp³-hybridized carbons (Fsp3) is 0.250. The number of anilines is 1. The number of rotatable bonds is 2. The van der Waals surface area contributed by atoms with E-state index in [-0.39, 0.29) is 5.91 Å². The van der Waals surface area contributed by atoms with E-state index in [1.54, 1.807) is 12.3 Å². The molecule has 0 aliphatic carbocycles. The normalized spacial score (nSPS) is 14.5. The van der Waals surface area contributed by atoms with Crippen LogP contribution in [0.1, 0.15) is 21.6 Å². The molecule has 0 saturated heterocycles. The number of benzene rings is 1. The minimum Gasteiger partial charge on any atom is -0.319 e. The number of halogens is 2. The average Bonchev–Trinajstić information content (AvgIpc) is 2.51. The molecule has 1 amide bonds. The smallest absolute Gasteiger partial charge is 0.274 e. The number of nitrogens with zero attached hydrogens (tertiary/aromatic N) is 2. The van der Waals surface area contributed by atoms with Gasteiger partial charge in [0.15, 0.2) is 0 Å². The highest BCUT2D eigenvalue weighted by atomic mass is 79.9. The summed E-state index contributed by atoms with van der Waals surface area (Å²) in [7, 11) is 2.08. The van der Waals surface area contributed by atoms with Gasteiger partial charge in [0.2, 0.25) is 0 Å². The maximum Gasteiger partial charge on any atom is 0.274 e. The summed E-state index contributed by atoms with van der Waals surface area (Å²) in [5.41, 5.74) is 3.36. The molecule has 22 heavy (non-hydrogen) atoms. The summed E-state index contributed by atoms with van der Waals surface area (Å²) in [6.45, 7) is 1.87. The van der Waals surface area contributed by atoms with Gasteiger partial charge < -0.3 is 10.2 Å². The molecule has 0 atom stereocenters. The molecule has 3 rings (SSSR count). The number of nitrogens with one attached hydrogen (secondary N) is 1. The molecule has 1 aromatic carbocycles. The topological polar surface area (TPSA) is 45.2 Å². The van der Waals surface area contributed by atoms with Gasteiger partial charge in [-0.05, 0) is 58.7 Å². The first-order chi connectivity index (χ1) is 10.5. The van der Waals surface area contributed by atoms with Crippen molar-refractivity contribution in [3.8, 4) is 0 Å². The first kappa shape index (κ1) is 15.5. The van der Waals surface area contributed by atoms with Gasteiger partial charge in [0, 0.05) is 23.8 Å². The molecule has 6 heteroatoms. The fourth-order valence-electron chi connectivity index (χ4n) is 2.49. The van der Waals surface area contributed by atoms with E-state index in [0.29, 0.717) is 16.4 Å². The predicted octanol–water partition coefficient (Wildman–Crippen LogP) is 3.74. The van der Waals surface area contributed by atoms with Crippen LogP contribution in [0.15, 0.2) is 34.9 Å². The second-order valence-corrected chi connectivity index (χ2v) is 6.61. The number of hydrogen-bond donors (Lipinski definition) is 1. The summed E-state index contributed by atoms with van der Waals surface area (Å²) in [5, 5.41) is 3.29. The van der Waals surface area contributed by atoms with Crippen LogP contribution in [0.5, 0.6) is 0 Å². The van der Waals surface area contributed by atoms with E-state index in [1.165, 1.54) is 11.1 Å². The zero-order valence-corrected chi connectivity index (χ0v) is 14.4. The fourth-order valence-corrected chi connectivity index (χ4v) is 3.03. The van der Waals surface area contributed by atoms with Crippen LogP contribution >= 0.6 is 27.5 Å². The Labute approximate surface area is 142 Å². The molecule has 2 aromatic rings. The highest BCUT2D eigenvalue weighted by Gasteiger charge is 2.17. The summed E-state index contributed by atoms with van der Waals surface area (Å²) in [6.07, 6.45) is 2.73. The van der Waals surface area contributed by atoms with Gasteiger partial charge in [-0.3, -0.25) is 9.78 Å². The van der Waals surface area contributed by atoms with E-state index in [4.69, 9.17) is 11.6 Å². The molecule has 1 aliphatic rings. The van der Waals surface area contributed by atoms with E-state index in [9.17, 15) is 4.79 Å². The lowest BCUT2D eigenvalue weighted by Crippen LogP contribution is -2.27. The SMILES string of the molecule is CN1CCc2cc(C(=O)Nc3cccc(Br)c3Cl)ncc2C1.